The number of amides is 2. The molecule has 2 N–H and O–H groups in total. The minimum absolute atomic E-state index is 0.000923. The molecule has 2 unspecified atom stereocenters. The van der Waals surface area contributed by atoms with E-state index in [1.165, 1.54) is 0 Å². The van der Waals surface area contributed by atoms with Gasteiger partial charge in [0.05, 0.1) is 11.4 Å². The third kappa shape index (κ3) is 5.31. The second-order valence-corrected chi connectivity index (χ2v) is 13.7. The van der Waals surface area contributed by atoms with E-state index >= 15 is 0 Å². The molecule has 7 rings (SSSR count). The maximum Gasteiger partial charge on any atom is 0.227 e. The van der Waals surface area contributed by atoms with Crippen molar-refractivity contribution in [3.05, 3.63) is 93.7 Å². The number of phenols is 2. The van der Waals surface area contributed by atoms with Gasteiger partial charge in [-0.2, -0.15) is 0 Å². The van der Waals surface area contributed by atoms with Crippen molar-refractivity contribution in [2.75, 3.05) is 34.6 Å². The predicted molar refractivity (Wildman–Crippen MR) is 184 cm³/mol. The lowest BCUT2D eigenvalue weighted by molar-refractivity contribution is -0.119. The van der Waals surface area contributed by atoms with Crippen LogP contribution in [0.25, 0.3) is 21.5 Å². The van der Waals surface area contributed by atoms with Gasteiger partial charge in [0.25, 0.3) is 0 Å². The zero-order valence-electron chi connectivity index (χ0n) is 24.5. The molecule has 3 heterocycles. The molecular weight excluding hydrogens is 627 g/mol. The summed E-state index contributed by atoms with van der Waals surface area (Å²) >= 11 is 14.3. The first-order chi connectivity index (χ1) is 21.9. The van der Waals surface area contributed by atoms with Gasteiger partial charge in [0.15, 0.2) is 0 Å². The van der Waals surface area contributed by atoms with Crippen molar-refractivity contribution >= 4 is 79.3 Å². The number of anilines is 2. The number of carbonyl (C=O) groups is 2. The first kappa shape index (κ1) is 29.9. The molecule has 45 heavy (non-hydrogen) atoms. The highest BCUT2D eigenvalue weighted by atomic mass is 35.5. The van der Waals surface area contributed by atoms with E-state index in [9.17, 15) is 19.8 Å². The van der Waals surface area contributed by atoms with Gasteiger partial charge in [0.2, 0.25) is 11.8 Å². The number of alkyl halides is 2. The number of fused-ring (bicyclic) bond motifs is 6. The number of hydrogen-bond donors (Lipinski definition) is 2. The van der Waals surface area contributed by atoms with Crippen molar-refractivity contribution < 1.29 is 19.8 Å². The minimum Gasteiger partial charge on any atom is -0.507 e. The average Bonchev–Trinajstić information content (AvgIpc) is 3.78. The highest BCUT2D eigenvalue weighted by molar-refractivity contribution is 7.12. The Hall–Kier alpha value is -3.78. The van der Waals surface area contributed by atoms with Crippen LogP contribution in [0.1, 0.15) is 45.6 Å². The number of carbonyl (C=O) groups excluding carboxylic acids is 2. The molecule has 2 aliphatic heterocycles. The second-order valence-electron chi connectivity index (χ2n) is 11.8. The summed E-state index contributed by atoms with van der Waals surface area (Å²) in [6.45, 7) is 1.00. The van der Waals surface area contributed by atoms with Crippen molar-refractivity contribution in [3.8, 4) is 11.5 Å². The van der Waals surface area contributed by atoms with Gasteiger partial charge in [-0.15, -0.1) is 34.5 Å². The Balaban J connectivity index is 1.00. The molecule has 0 saturated heterocycles. The quantitative estimate of drug-likeness (QED) is 0.165. The van der Waals surface area contributed by atoms with Crippen LogP contribution in [0.2, 0.25) is 0 Å². The molecule has 230 valence electrons. The number of aryl methyl sites for hydroxylation is 2. The van der Waals surface area contributed by atoms with Crippen molar-refractivity contribution in [3.63, 3.8) is 0 Å². The van der Waals surface area contributed by atoms with Gasteiger partial charge >= 0.3 is 0 Å². The Morgan fingerprint density at radius 1 is 0.667 bits per heavy atom. The van der Waals surface area contributed by atoms with Crippen molar-refractivity contribution in [2.45, 2.75) is 37.5 Å². The van der Waals surface area contributed by atoms with E-state index in [-0.39, 0.29) is 35.1 Å². The zero-order chi connectivity index (χ0) is 31.2. The molecule has 0 bridgehead atoms. The largest absolute Gasteiger partial charge is 0.507 e. The van der Waals surface area contributed by atoms with Crippen LogP contribution in [0.15, 0.2) is 72.8 Å². The maximum absolute atomic E-state index is 13.4. The van der Waals surface area contributed by atoms with Gasteiger partial charge in [-0.3, -0.25) is 9.59 Å². The Morgan fingerprint density at radius 3 is 1.47 bits per heavy atom. The Bertz CT molecular complexity index is 1820. The van der Waals surface area contributed by atoms with Crippen LogP contribution in [0.4, 0.5) is 11.4 Å². The molecule has 2 amide bonds. The molecule has 0 saturated carbocycles. The van der Waals surface area contributed by atoms with Gasteiger partial charge in [-0.05, 0) is 46.9 Å². The highest BCUT2D eigenvalue weighted by Crippen LogP contribution is 2.47. The van der Waals surface area contributed by atoms with E-state index in [4.69, 9.17) is 23.2 Å². The molecular formula is C36H32Cl2N2O4S. The normalized spacial score (nSPS) is 17.3. The minimum atomic E-state index is 0.000923. The standard InChI is InChI=1S/C36H32Cl2N2O4S/c37-17-21-19-39(29-15-31(41)25-5-1-3-7-27(25)35(21)29)33(43)13-11-23-9-10-24(45-23)12-14-34(44)40-20-22(18-38)36-28-8-4-2-6-26(28)32(42)16-30(36)40/h1-10,15-16,21-22,41-42H,11-14,17-20H2. The van der Waals surface area contributed by atoms with Crippen LogP contribution in [0, 0.1) is 0 Å². The lowest BCUT2D eigenvalue weighted by Gasteiger charge is -2.18. The topological polar surface area (TPSA) is 81.1 Å². The molecule has 0 fully saturated rings. The number of benzene rings is 4. The van der Waals surface area contributed by atoms with E-state index in [0.29, 0.717) is 50.5 Å². The number of thiophene rings is 1. The molecule has 6 nitrogen and oxygen atoms in total. The molecule has 4 aromatic carbocycles. The summed E-state index contributed by atoms with van der Waals surface area (Å²) in [4.78, 5) is 32.6. The summed E-state index contributed by atoms with van der Waals surface area (Å²) in [5, 5.41) is 24.8. The Kier molecular flexibility index (Phi) is 8.11. The highest BCUT2D eigenvalue weighted by Gasteiger charge is 2.35. The van der Waals surface area contributed by atoms with Crippen LogP contribution in [-0.2, 0) is 22.4 Å². The summed E-state index contributed by atoms with van der Waals surface area (Å²) in [6, 6.07) is 22.8. The third-order valence-electron chi connectivity index (χ3n) is 9.15. The van der Waals surface area contributed by atoms with Crippen LogP contribution >= 0.6 is 34.5 Å². The lowest BCUT2D eigenvalue weighted by Crippen LogP contribution is -2.30. The van der Waals surface area contributed by atoms with E-state index < -0.39 is 0 Å². The van der Waals surface area contributed by atoms with Crippen LogP contribution < -0.4 is 9.80 Å². The molecule has 5 aromatic rings. The molecule has 0 aliphatic carbocycles. The fourth-order valence-electron chi connectivity index (χ4n) is 7.00. The maximum atomic E-state index is 13.4. The Labute approximate surface area is 275 Å². The number of rotatable bonds is 8. The number of nitrogens with zero attached hydrogens (tertiary/aromatic N) is 2. The third-order valence-corrected chi connectivity index (χ3v) is 11.1. The van der Waals surface area contributed by atoms with Crippen LogP contribution in [-0.4, -0.2) is 46.9 Å². The van der Waals surface area contributed by atoms with Gasteiger partial charge in [-0.1, -0.05) is 48.5 Å². The second kappa shape index (κ2) is 12.2. The average molecular weight is 660 g/mol. The SMILES string of the molecule is O=C(CCc1ccc(CCC(=O)N2CC(CCl)c3c2cc(O)c2ccccc32)s1)N1CC(CCl)c2c1cc(O)c1ccccc21. The first-order valence-corrected chi connectivity index (χ1v) is 17.1. The fourth-order valence-corrected chi connectivity index (χ4v) is 8.52. The summed E-state index contributed by atoms with van der Waals surface area (Å²) in [5.41, 5.74) is 3.54. The van der Waals surface area contributed by atoms with Crippen molar-refractivity contribution in [1.82, 2.24) is 0 Å². The van der Waals surface area contributed by atoms with E-state index in [0.717, 1.165) is 53.8 Å². The predicted octanol–water partition coefficient (Wildman–Crippen LogP) is 8.07. The summed E-state index contributed by atoms with van der Waals surface area (Å²) < 4.78 is 0. The van der Waals surface area contributed by atoms with Gasteiger partial charge in [-0.25, -0.2) is 0 Å². The molecule has 1 aromatic heterocycles. The van der Waals surface area contributed by atoms with Crippen molar-refractivity contribution in [1.29, 1.82) is 0 Å². The molecule has 9 heteroatoms. The van der Waals surface area contributed by atoms with Crippen molar-refractivity contribution in [2.24, 2.45) is 0 Å². The smallest absolute Gasteiger partial charge is 0.227 e. The summed E-state index contributed by atoms with van der Waals surface area (Å²) in [6.07, 6.45) is 1.86. The monoisotopic (exact) mass is 658 g/mol. The molecule has 2 atom stereocenters. The summed E-state index contributed by atoms with van der Waals surface area (Å²) in [5.74, 6) is 1.13. The van der Waals surface area contributed by atoms with E-state index in [1.54, 1.807) is 33.3 Å². The van der Waals surface area contributed by atoms with Crippen LogP contribution in [0.5, 0.6) is 11.5 Å². The Morgan fingerprint density at radius 2 is 1.07 bits per heavy atom. The molecule has 2 aliphatic rings. The molecule has 0 radical (unpaired) electrons. The fraction of sp³-hybridized carbons (Fsp3) is 0.278. The summed E-state index contributed by atoms with van der Waals surface area (Å²) in [7, 11) is 0. The van der Waals surface area contributed by atoms with Gasteiger partial charge in [0.1, 0.15) is 11.5 Å². The number of halogens is 2. The van der Waals surface area contributed by atoms with Gasteiger partial charge in [0, 0.05) is 82.2 Å². The molecule has 0 spiro atoms. The first-order valence-electron chi connectivity index (χ1n) is 15.2. The number of aromatic hydroxyl groups is 2. The van der Waals surface area contributed by atoms with E-state index in [2.05, 4.69) is 0 Å². The lowest BCUT2D eigenvalue weighted by atomic mass is 9.95. The number of phenolic OH excluding ortho intramolecular Hbond substituents is 2. The number of hydrogen-bond acceptors (Lipinski definition) is 5. The van der Waals surface area contributed by atoms with Gasteiger partial charge < -0.3 is 20.0 Å². The van der Waals surface area contributed by atoms with E-state index in [1.807, 2.05) is 60.7 Å². The zero-order valence-corrected chi connectivity index (χ0v) is 26.8. The van der Waals surface area contributed by atoms with Crippen LogP contribution in [0.3, 0.4) is 0 Å².